The van der Waals surface area contributed by atoms with Gasteiger partial charge in [0.2, 0.25) is 12.5 Å². The Bertz CT molecular complexity index is 334. The molecule has 0 amide bonds. The predicted molar refractivity (Wildman–Crippen MR) is 51.3 cm³/mol. The van der Waals surface area contributed by atoms with Crippen LogP contribution in [0.5, 0.6) is 11.6 Å². The number of anilines is 1. The number of fused-ring (bicyclic) bond motifs is 1. The quantitative estimate of drug-likeness (QED) is 0.725. The standard InChI is InChI=1S/C8H14N4O2/c1-11(2)3-4-12-8-6(7(9)10-12)13-5-14-8/h3-5H2,1-2H3,(H2,9,10). The molecule has 2 rings (SSSR count). The van der Waals surface area contributed by atoms with Crippen LogP contribution in [0.3, 0.4) is 0 Å². The molecular weight excluding hydrogens is 184 g/mol. The number of ether oxygens (including phenoxy) is 2. The molecular formula is C8H14N4O2. The van der Waals surface area contributed by atoms with Gasteiger partial charge in [0, 0.05) is 6.54 Å². The molecule has 0 unspecified atom stereocenters. The Morgan fingerprint density at radius 2 is 2.29 bits per heavy atom. The molecule has 1 aliphatic rings. The Balaban J connectivity index is 2.14. The van der Waals surface area contributed by atoms with Crippen LogP contribution in [0, 0.1) is 0 Å². The van der Waals surface area contributed by atoms with Crippen molar-refractivity contribution in [3.63, 3.8) is 0 Å². The third-order valence-electron chi connectivity index (χ3n) is 2.05. The van der Waals surface area contributed by atoms with Crippen LogP contribution in [0.25, 0.3) is 0 Å². The Morgan fingerprint density at radius 3 is 3.00 bits per heavy atom. The van der Waals surface area contributed by atoms with Crippen LogP contribution < -0.4 is 15.2 Å². The molecule has 0 radical (unpaired) electrons. The number of hydrogen-bond donors (Lipinski definition) is 1. The molecule has 78 valence electrons. The van der Waals surface area contributed by atoms with E-state index in [0.717, 1.165) is 13.1 Å². The first-order chi connectivity index (χ1) is 6.68. The van der Waals surface area contributed by atoms with Crippen LogP contribution in [0.15, 0.2) is 0 Å². The highest BCUT2D eigenvalue weighted by Crippen LogP contribution is 2.36. The molecule has 1 aromatic heterocycles. The first-order valence-corrected chi connectivity index (χ1v) is 4.45. The SMILES string of the molecule is CN(C)CCn1nc(N)c2c1OCO2. The summed E-state index contributed by atoms with van der Waals surface area (Å²) in [4.78, 5) is 2.07. The molecule has 0 atom stereocenters. The average Bonchev–Trinajstić information content (AvgIpc) is 2.67. The number of likely N-dealkylation sites (N-methyl/N-ethyl adjacent to an activating group) is 1. The molecule has 1 aromatic rings. The topological polar surface area (TPSA) is 65.5 Å². The van der Waals surface area contributed by atoms with E-state index < -0.39 is 0 Å². The molecule has 0 aliphatic carbocycles. The summed E-state index contributed by atoms with van der Waals surface area (Å²) in [5, 5.41) is 4.12. The third-order valence-corrected chi connectivity index (χ3v) is 2.05. The van der Waals surface area contributed by atoms with E-state index in [1.54, 1.807) is 4.68 Å². The Morgan fingerprint density at radius 1 is 1.50 bits per heavy atom. The van der Waals surface area contributed by atoms with Gasteiger partial charge in [-0.1, -0.05) is 0 Å². The molecule has 6 heteroatoms. The maximum absolute atomic E-state index is 5.65. The first-order valence-electron chi connectivity index (χ1n) is 4.45. The fourth-order valence-corrected chi connectivity index (χ4v) is 1.31. The zero-order valence-electron chi connectivity index (χ0n) is 8.36. The van der Waals surface area contributed by atoms with Crippen molar-refractivity contribution in [1.29, 1.82) is 0 Å². The van der Waals surface area contributed by atoms with E-state index in [0.29, 0.717) is 17.4 Å². The van der Waals surface area contributed by atoms with E-state index in [-0.39, 0.29) is 6.79 Å². The van der Waals surface area contributed by atoms with Crippen molar-refractivity contribution in [1.82, 2.24) is 14.7 Å². The maximum Gasteiger partial charge on any atom is 0.261 e. The van der Waals surface area contributed by atoms with E-state index in [9.17, 15) is 0 Å². The summed E-state index contributed by atoms with van der Waals surface area (Å²) in [5.74, 6) is 1.62. The normalized spacial score (nSPS) is 13.9. The van der Waals surface area contributed by atoms with Gasteiger partial charge in [-0.05, 0) is 14.1 Å². The fourth-order valence-electron chi connectivity index (χ4n) is 1.31. The monoisotopic (exact) mass is 198 g/mol. The highest BCUT2D eigenvalue weighted by molar-refractivity contribution is 5.54. The zero-order chi connectivity index (χ0) is 10.1. The fraction of sp³-hybridized carbons (Fsp3) is 0.625. The van der Waals surface area contributed by atoms with Crippen molar-refractivity contribution in [2.45, 2.75) is 6.54 Å². The number of nitrogen functional groups attached to an aromatic ring is 1. The highest BCUT2D eigenvalue weighted by atomic mass is 16.7. The minimum atomic E-state index is 0.235. The van der Waals surface area contributed by atoms with Crippen LogP contribution in [0.1, 0.15) is 0 Å². The number of nitrogens with two attached hydrogens (primary N) is 1. The van der Waals surface area contributed by atoms with E-state index >= 15 is 0 Å². The lowest BCUT2D eigenvalue weighted by Gasteiger charge is -2.09. The second kappa shape index (κ2) is 3.38. The number of hydrogen-bond acceptors (Lipinski definition) is 5. The van der Waals surface area contributed by atoms with E-state index in [2.05, 4.69) is 10.00 Å². The second-order valence-corrected chi connectivity index (χ2v) is 3.45. The molecule has 14 heavy (non-hydrogen) atoms. The van der Waals surface area contributed by atoms with Gasteiger partial charge in [0.05, 0.1) is 6.54 Å². The lowest BCUT2D eigenvalue weighted by Crippen LogP contribution is -2.19. The van der Waals surface area contributed by atoms with Gasteiger partial charge in [-0.3, -0.25) is 0 Å². The van der Waals surface area contributed by atoms with Gasteiger partial charge in [0.25, 0.3) is 5.88 Å². The molecule has 1 aliphatic heterocycles. The van der Waals surface area contributed by atoms with Crippen LogP contribution in [0.2, 0.25) is 0 Å². The number of rotatable bonds is 3. The summed E-state index contributed by atoms with van der Waals surface area (Å²) < 4.78 is 12.2. The molecule has 0 saturated heterocycles. The van der Waals surface area contributed by atoms with Gasteiger partial charge in [-0.25, -0.2) is 4.68 Å². The largest absolute Gasteiger partial charge is 0.448 e. The van der Waals surface area contributed by atoms with E-state index in [1.807, 2.05) is 14.1 Å². The summed E-state index contributed by atoms with van der Waals surface area (Å²) in [6.45, 7) is 1.87. The molecule has 2 N–H and O–H groups in total. The van der Waals surface area contributed by atoms with Gasteiger partial charge in [0.1, 0.15) is 0 Å². The summed E-state index contributed by atoms with van der Waals surface area (Å²) in [5.41, 5.74) is 5.65. The number of nitrogens with zero attached hydrogens (tertiary/aromatic N) is 3. The van der Waals surface area contributed by atoms with Crippen LogP contribution in [0.4, 0.5) is 5.82 Å². The van der Waals surface area contributed by atoms with Crippen molar-refractivity contribution in [2.24, 2.45) is 0 Å². The molecule has 6 nitrogen and oxygen atoms in total. The van der Waals surface area contributed by atoms with Crippen LogP contribution in [-0.4, -0.2) is 42.1 Å². The summed E-state index contributed by atoms with van der Waals surface area (Å²) in [6, 6.07) is 0. The second-order valence-electron chi connectivity index (χ2n) is 3.45. The predicted octanol–water partition coefficient (Wildman–Crippen LogP) is -0.244. The zero-order valence-corrected chi connectivity index (χ0v) is 8.36. The molecule has 0 fully saturated rings. The van der Waals surface area contributed by atoms with Crippen molar-refractivity contribution < 1.29 is 9.47 Å². The average molecular weight is 198 g/mol. The van der Waals surface area contributed by atoms with Crippen molar-refractivity contribution in [2.75, 3.05) is 33.2 Å². The number of aromatic nitrogens is 2. The molecule has 0 bridgehead atoms. The minimum Gasteiger partial charge on any atom is -0.448 e. The molecule has 0 aromatic carbocycles. The summed E-state index contributed by atoms with van der Waals surface area (Å²) in [7, 11) is 4.01. The molecule has 0 spiro atoms. The van der Waals surface area contributed by atoms with Crippen molar-refractivity contribution >= 4 is 5.82 Å². The van der Waals surface area contributed by atoms with E-state index in [1.165, 1.54) is 0 Å². The van der Waals surface area contributed by atoms with Gasteiger partial charge in [0.15, 0.2) is 5.82 Å². The van der Waals surface area contributed by atoms with Gasteiger partial charge in [-0.2, -0.15) is 0 Å². The smallest absolute Gasteiger partial charge is 0.261 e. The Kier molecular flexibility index (Phi) is 2.20. The van der Waals surface area contributed by atoms with Gasteiger partial charge >= 0.3 is 0 Å². The van der Waals surface area contributed by atoms with Gasteiger partial charge < -0.3 is 20.1 Å². The lowest BCUT2D eigenvalue weighted by atomic mass is 10.5. The Labute approximate surface area is 82.2 Å². The van der Waals surface area contributed by atoms with Crippen molar-refractivity contribution in [3.05, 3.63) is 0 Å². The van der Waals surface area contributed by atoms with Crippen LogP contribution >= 0.6 is 0 Å². The van der Waals surface area contributed by atoms with Crippen molar-refractivity contribution in [3.8, 4) is 11.6 Å². The first kappa shape index (κ1) is 9.14. The van der Waals surface area contributed by atoms with Gasteiger partial charge in [-0.15, -0.1) is 5.10 Å². The molecule has 2 heterocycles. The molecule has 0 saturated carbocycles. The lowest BCUT2D eigenvalue weighted by molar-refractivity contribution is 0.161. The summed E-state index contributed by atoms with van der Waals surface area (Å²) in [6.07, 6.45) is 0. The summed E-state index contributed by atoms with van der Waals surface area (Å²) >= 11 is 0. The van der Waals surface area contributed by atoms with E-state index in [4.69, 9.17) is 15.2 Å². The highest BCUT2D eigenvalue weighted by Gasteiger charge is 2.24. The third kappa shape index (κ3) is 1.48. The minimum absolute atomic E-state index is 0.235. The maximum atomic E-state index is 5.65. The van der Waals surface area contributed by atoms with Crippen LogP contribution in [-0.2, 0) is 6.54 Å². The Hall–Kier alpha value is -1.43.